The van der Waals surface area contributed by atoms with Crippen LogP contribution in [0.15, 0.2) is 6.20 Å². The van der Waals surface area contributed by atoms with Crippen molar-refractivity contribution >= 4 is 11.6 Å². The molecule has 3 nitrogen and oxygen atoms in total. The van der Waals surface area contributed by atoms with E-state index in [1.54, 1.807) is 6.20 Å². The molecule has 14 heavy (non-hydrogen) atoms. The van der Waals surface area contributed by atoms with Gasteiger partial charge in [-0.2, -0.15) is 5.10 Å². The van der Waals surface area contributed by atoms with Gasteiger partial charge in [-0.05, 0) is 26.2 Å². The molecule has 1 aromatic rings. The van der Waals surface area contributed by atoms with Crippen LogP contribution in [0.2, 0.25) is 5.02 Å². The monoisotopic (exact) mass is 213 g/mol. The second-order valence-electron chi connectivity index (χ2n) is 4.33. The first-order chi connectivity index (χ1) is 6.61. The molecule has 0 aromatic carbocycles. The Morgan fingerprint density at radius 2 is 2.36 bits per heavy atom. The van der Waals surface area contributed by atoms with Crippen LogP contribution < -0.4 is 5.32 Å². The highest BCUT2D eigenvalue weighted by Gasteiger charge is 2.31. The fraction of sp³-hybridized carbons (Fsp3) is 0.700. The van der Waals surface area contributed by atoms with E-state index in [0.717, 1.165) is 17.3 Å². The maximum Gasteiger partial charge on any atom is 0.0831 e. The smallest absolute Gasteiger partial charge is 0.0831 e. The molecule has 1 heterocycles. The molecule has 1 aliphatic carbocycles. The number of halogens is 1. The topological polar surface area (TPSA) is 29.9 Å². The third-order valence-electron chi connectivity index (χ3n) is 3.15. The highest BCUT2D eigenvalue weighted by molar-refractivity contribution is 6.31. The SMILES string of the molecule is Cn1ncc(Cl)c1CNC1(C)CCC1. The zero-order chi connectivity index (χ0) is 10.2. The Morgan fingerprint density at radius 3 is 2.79 bits per heavy atom. The van der Waals surface area contributed by atoms with E-state index in [1.807, 2.05) is 11.7 Å². The Labute approximate surface area is 89.4 Å². The molecule has 0 unspecified atom stereocenters. The minimum Gasteiger partial charge on any atom is -0.306 e. The molecule has 0 aliphatic heterocycles. The lowest BCUT2D eigenvalue weighted by molar-refractivity contribution is 0.205. The van der Waals surface area contributed by atoms with Gasteiger partial charge in [0.05, 0.1) is 16.9 Å². The maximum atomic E-state index is 6.01. The minimum atomic E-state index is 0.327. The summed E-state index contributed by atoms with van der Waals surface area (Å²) < 4.78 is 1.83. The number of nitrogens with zero attached hydrogens (tertiary/aromatic N) is 2. The second-order valence-corrected chi connectivity index (χ2v) is 4.74. The predicted molar refractivity (Wildman–Crippen MR) is 57.3 cm³/mol. The summed E-state index contributed by atoms with van der Waals surface area (Å²) in [5.41, 5.74) is 1.40. The lowest BCUT2D eigenvalue weighted by Crippen LogP contribution is -2.47. The van der Waals surface area contributed by atoms with Crippen LogP contribution in [0.25, 0.3) is 0 Å². The van der Waals surface area contributed by atoms with Crippen LogP contribution in [-0.4, -0.2) is 15.3 Å². The average Bonchev–Trinajstić information content (AvgIpc) is 2.41. The van der Waals surface area contributed by atoms with Gasteiger partial charge in [0.25, 0.3) is 0 Å². The van der Waals surface area contributed by atoms with Crippen molar-refractivity contribution in [1.29, 1.82) is 0 Å². The number of hydrogen-bond donors (Lipinski definition) is 1. The predicted octanol–water partition coefficient (Wildman–Crippen LogP) is 2.11. The Hall–Kier alpha value is -0.540. The third kappa shape index (κ3) is 1.79. The first-order valence-electron chi connectivity index (χ1n) is 5.02. The summed E-state index contributed by atoms with van der Waals surface area (Å²) in [6.45, 7) is 3.08. The van der Waals surface area contributed by atoms with Crippen molar-refractivity contribution < 1.29 is 0 Å². The Bertz CT molecular complexity index is 309. The molecule has 0 amide bonds. The first-order valence-corrected chi connectivity index (χ1v) is 5.40. The van der Waals surface area contributed by atoms with Gasteiger partial charge in [0, 0.05) is 19.1 Å². The third-order valence-corrected chi connectivity index (χ3v) is 3.47. The van der Waals surface area contributed by atoms with Gasteiger partial charge >= 0.3 is 0 Å². The summed E-state index contributed by atoms with van der Waals surface area (Å²) in [4.78, 5) is 0. The molecule has 78 valence electrons. The molecule has 1 fully saturated rings. The molecule has 1 saturated carbocycles. The lowest BCUT2D eigenvalue weighted by atomic mass is 9.78. The highest BCUT2D eigenvalue weighted by atomic mass is 35.5. The van der Waals surface area contributed by atoms with Crippen molar-refractivity contribution in [3.8, 4) is 0 Å². The van der Waals surface area contributed by atoms with Crippen LogP contribution in [-0.2, 0) is 13.6 Å². The second kappa shape index (κ2) is 3.55. The standard InChI is InChI=1S/C10H16ClN3/c1-10(4-3-5-10)12-7-9-8(11)6-13-14(9)2/h6,12H,3-5,7H2,1-2H3. The quantitative estimate of drug-likeness (QED) is 0.834. The average molecular weight is 214 g/mol. The van der Waals surface area contributed by atoms with Gasteiger partial charge in [-0.15, -0.1) is 0 Å². The van der Waals surface area contributed by atoms with E-state index in [9.17, 15) is 0 Å². The van der Waals surface area contributed by atoms with Crippen LogP contribution in [0.3, 0.4) is 0 Å². The fourth-order valence-electron chi connectivity index (χ4n) is 1.82. The van der Waals surface area contributed by atoms with Crippen molar-refractivity contribution in [1.82, 2.24) is 15.1 Å². The van der Waals surface area contributed by atoms with Gasteiger partial charge in [0.15, 0.2) is 0 Å². The van der Waals surface area contributed by atoms with Crippen molar-refractivity contribution in [3.05, 3.63) is 16.9 Å². The van der Waals surface area contributed by atoms with Crippen molar-refractivity contribution in [2.45, 2.75) is 38.3 Å². The molecule has 1 N–H and O–H groups in total. The van der Waals surface area contributed by atoms with Crippen LogP contribution in [0.4, 0.5) is 0 Å². The van der Waals surface area contributed by atoms with Crippen molar-refractivity contribution in [2.24, 2.45) is 7.05 Å². The molecule has 0 bridgehead atoms. The summed E-state index contributed by atoms with van der Waals surface area (Å²) in [6.07, 6.45) is 5.56. The van der Waals surface area contributed by atoms with E-state index in [-0.39, 0.29) is 0 Å². The van der Waals surface area contributed by atoms with Crippen molar-refractivity contribution in [3.63, 3.8) is 0 Å². The van der Waals surface area contributed by atoms with Gasteiger partial charge in [-0.25, -0.2) is 0 Å². The van der Waals surface area contributed by atoms with Gasteiger partial charge in [0.1, 0.15) is 0 Å². The van der Waals surface area contributed by atoms with Crippen LogP contribution in [0.5, 0.6) is 0 Å². The molecule has 1 aromatic heterocycles. The van der Waals surface area contributed by atoms with Crippen LogP contribution in [0, 0.1) is 0 Å². The van der Waals surface area contributed by atoms with Gasteiger partial charge in [-0.1, -0.05) is 11.6 Å². The summed E-state index contributed by atoms with van der Waals surface area (Å²) in [7, 11) is 1.92. The van der Waals surface area contributed by atoms with Crippen molar-refractivity contribution in [2.75, 3.05) is 0 Å². The summed E-state index contributed by atoms with van der Waals surface area (Å²) in [5.74, 6) is 0. The summed E-state index contributed by atoms with van der Waals surface area (Å²) in [6, 6.07) is 0. The van der Waals surface area contributed by atoms with Crippen LogP contribution in [0.1, 0.15) is 31.9 Å². The highest BCUT2D eigenvalue weighted by Crippen LogP contribution is 2.31. The van der Waals surface area contributed by atoms with E-state index >= 15 is 0 Å². The zero-order valence-electron chi connectivity index (χ0n) is 8.68. The number of nitrogens with one attached hydrogen (secondary N) is 1. The largest absolute Gasteiger partial charge is 0.306 e. The number of hydrogen-bond acceptors (Lipinski definition) is 2. The van der Waals surface area contributed by atoms with E-state index in [4.69, 9.17) is 11.6 Å². The van der Waals surface area contributed by atoms with Crippen LogP contribution >= 0.6 is 11.6 Å². The summed E-state index contributed by atoms with van der Waals surface area (Å²) >= 11 is 6.01. The van der Waals surface area contributed by atoms with Gasteiger partial charge in [0.2, 0.25) is 0 Å². The van der Waals surface area contributed by atoms with E-state index in [1.165, 1.54) is 19.3 Å². The van der Waals surface area contributed by atoms with Gasteiger partial charge in [-0.3, -0.25) is 4.68 Å². The molecule has 1 aliphatic rings. The first kappa shape index (κ1) is 9.99. The number of aryl methyl sites for hydroxylation is 1. The zero-order valence-corrected chi connectivity index (χ0v) is 9.43. The molecule has 4 heteroatoms. The Morgan fingerprint density at radius 1 is 1.64 bits per heavy atom. The Kier molecular flexibility index (Phi) is 2.54. The van der Waals surface area contributed by atoms with E-state index < -0.39 is 0 Å². The molecule has 2 rings (SSSR count). The molecule has 0 saturated heterocycles. The molecule has 0 radical (unpaired) electrons. The maximum absolute atomic E-state index is 6.01. The number of aromatic nitrogens is 2. The molecular formula is C10H16ClN3. The van der Waals surface area contributed by atoms with Gasteiger partial charge < -0.3 is 5.32 Å². The minimum absolute atomic E-state index is 0.327. The molecule has 0 atom stereocenters. The molecular weight excluding hydrogens is 198 g/mol. The number of rotatable bonds is 3. The normalized spacial score (nSPS) is 19.4. The lowest BCUT2D eigenvalue weighted by Gasteiger charge is -2.39. The molecule has 0 spiro atoms. The van der Waals surface area contributed by atoms with E-state index in [2.05, 4.69) is 17.3 Å². The Balaban J connectivity index is 1.97. The van der Waals surface area contributed by atoms with E-state index in [0.29, 0.717) is 5.54 Å². The summed E-state index contributed by atoms with van der Waals surface area (Å²) in [5, 5.41) is 8.39. The fourth-order valence-corrected chi connectivity index (χ4v) is 2.05.